The molecule has 0 amide bonds. The van der Waals surface area contributed by atoms with Crippen molar-refractivity contribution < 1.29 is 47.5 Å². The number of nitrogens with two attached hydrogens (primary N) is 1. The van der Waals surface area contributed by atoms with Crippen LogP contribution in [0.4, 0.5) is 0 Å². The van der Waals surface area contributed by atoms with Crippen LogP contribution in [0, 0.1) is 0 Å². The van der Waals surface area contributed by atoms with Crippen LogP contribution in [0.5, 0.6) is 0 Å². The minimum absolute atomic E-state index is 0.161. The van der Waals surface area contributed by atoms with Gasteiger partial charge in [0.2, 0.25) is 0 Å². The Kier molecular flexibility index (Phi) is 42.6. The highest BCUT2D eigenvalue weighted by Gasteiger charge is 2.28. The van der Waals surface area contributed by atoms with Gasteiger partial charge in [-0.25, -0.2) is 4.57 Å². The van der Waals surface area contributed by atoms with Crippen LogP contribution in [0.3, 0.4) is 0 Å². The summed E-state index contributed by atoms with van der Waals surface area (Å²) in [5, 5.41) is 8.91. The van der Waals surface area contributed by atoms with Crippen LogP contribution in [0.15, 0.2) is 12.2 Å². The summed E-state index contributed by atoms with van der Waals surface area (Å²) in [4.78, 5) is 46.1. The molecule has 0 saturated heterocycles. The van der Waals surface area contributed by atoms with Crippen molar-refractivity contribution in [2.45, 2.75) is 257 Å². The first-order valence-corrected chi connectivity index (χ1v) is 26.2. The van der Waals surface area contributed by atoms with Crippen LogP contribution in [0.25, 0.3) is 0 Å². The van der Waals surface area contributed by atoms with E-state index < -0.39 is 51.1 Å². The fourth-order valence-electron chi connectivity index (χ4n) is 7.12. The van der Waals surface area contributed by atoms with Crippen molar-refractivity contribution in [2.24, 2.45) is 5.73 Å². The topological polar surface area (TPSA) is 172 Å². The molecule has 60 heavy (non-hydrogen) atoms. The fraction of sp³-hybridized carbons (Fsp3) is 0.896. The minimum atomic E-state index is -4.72. The molecule has 0 radical (unpaired) electrons. The Balaban J connectivity index is 4.25. The van der Waals surface area contributed by atoms with E-state index in [-0.39, 0.29) is 19.4 Å². The summed E-state index contributed by atoms with van der Waals surface area (Å²) in [5.74, 6) is -2.36. The van der Waals surface area contributed by atoms with E-state index in [9.17, 15) is 23.8 Å². The average Bonchev–Trinajstić information content (AvgIpc) is 3.22. The maximum Gasteiger partial charge on any atom is 0.472 e. The summed E-state index contributed by atoms with van der Waals surface area (Å²) >= 11 is 0. The quantitative estimate of drug-likeness (QED) is 0.0230. The molecule has 12 heteroatoms. The van der Waals surface area contributed by atoms with Crippen molar-refractivity contribution in [1.82, 2.24) is 0 Å². The number of carboxylic acid groups (broad SMARTS) is 1. The lowest BCUT2D eigenvalue weighted by Crippen LogP contribution is -2.34. The second-order valence-electron chi connectivity index (χ2n) is 17.0. The number of carboxylic acids is 1. The average molecular weight is 874 g/mol. The molecular weight excluding hydrogens is 781 g/mol. The third-order valence-corrected chi connectivity index (χ3v) is 12.0. The first kappa shape index (κ1) is 58.2. The lowest BCUT2D eigenvalue weighted by molar-refractivity contribution is -0.161. The van der Waals surface area contributed by atoms with E-state index in [0.717, 1.165) is 44.9 Å². The van der Waals surface area contributed by atoms with Crippen molar-refractivity contribution in [3.63, 3.8) is 0 Å². The van der Waals surface area contributed by atoms with E-state index in [1.54, 1.807) is 0 Å². The zero-order valence-corrected chi connectivity index (χ0v) is 39.5. The number of unbranched alkanes of at least 4 members (excludes halogenated alkanes) is 31. The van der Waals surface area contributed by atoms with E-state index in [0.29, 0.717) is 12.8 Å². The molecule has 0 saturated carbocycles. The highest BCUT2D eigenvalue weighted by Crippen LogP contribution is 2.43. The summed E-state index contributed by atoms with van der Waals surface area (Å²) in [6, 6.07) is -1.52. The van der Waals surface area contributed by atoms with Crippen LogP contribution in [0.1, 0.15) is 245 Å². The highest BCUT2D eigenvalue weighted by atomic mass is 31.2. The molecule has 0 fully saturated rings. The predicted molar refractivity (Wildman–Crippen MR) is 245 cm³/mol. The van der Waals surface area contributed by atoms with Gasteiger partial charge in [0.1, 0.15) is 12.6 Å². The Hall–Kier alpha value is -1.78. The second kappa shape index (κ2) is 43.9. The fourth-order valence-corrected chi connectivity index (χ4v) is 7.90. The molecule has 0 aliphatic heterocycles. The number of esters is 2. The van der Waals surface area contributed by atoms with Gasteiger partial charge in [0, 0.05) is 12.8 Å². The molecule has 0 spiro atoms. The molecule has 0 aliphatic rings. The standard InChI is InChI=1S/C48H92NO10P/c1-3-5-7-9-11-13-15-17-19-21-22-24-26-28-30-32-34-36-38-40-47(51)59-44(42-57-60(54,55)58-43-45(49)48(52)53)41-56-46(50)39-37-35-33-31-29-27-25-23-20-18-16-14-12-10-8-6-4-2/h21-22,44-45H,3-20,23-43,49H2,1-2H3,(H,52,53)(H,54,55)/b22-21-/t44-,45+/m1/s1. The first-order chi connectivity index (χ1) is 29.1. The normalized spacial score (nSPS) is 13.7. The van der Waals surface area contributed by atoms with E-state index in [4.69, 9.17) is 24.8 Å². The predicted octanol–water partition coefficient (Wildman–Crippen LogP) is 13.6. The number of phosphoric ester groups is 1. The van der Waals surface area contributed by atoms with Gasteiger partial charge in [-0.3, -0.25) is 23.4 Å². The molecular formula is C48H92NO10P. The Morgan fingerprint density at radius 1 is 0.500 bits per heavy atom. The van der Waals surface area contributed by atoms with Crippen LogP contribution in [-0.2, 0) is 37.5 Å². The SMILES string of the molecule is CCCCCCCCCC/C=C\CCCCCCCCCC(=O)O[C@H](COC(=O)CCCCCCCCCCCCCCCCCCC)COP(=O)(O)OC[C@H](N)C(=O)O. The minimum Gasteiger partial charge on any atom is -0.480 e. The highest BCUT2D eigenvalue weighted by molar-refractivity contribution is 7.47. The molecule has 0 rings (SSSR count). The third kappa shape index (κ3) is 42.9. The van der Waals surface area contributed by atoms with Crippen molar-refractivity contribution in [1.29, 1.82) is 0 Å². The molecule has 0 aliphatic carbocycles. The molecule has 0 aromatic carbocycles. The van der Waals surface area contributed by atoms with Gasteiger partial charge >= 0.3 is 25.7 Å². The van der Waals surface area contributed by atoms with Gasteiger partial charge < -0.3 is 25.2 Å². The number of carbonyl (C=O) groups is 3. The summed E-state index contributed by atoms with van der Waals surface area (Å²) in [5.41, 5.74) is 5.35. The number of carbonyl (C=O) groups excluding carboxylic acids is 2. The lowest BCUT2D eigenvalue weighted by Gasteiger charge is -2.20. The van der Waals surface area contributed by atoms with Crippen molar-refractivity contribution in [2.75, 3.05) is 19.8 Å². The summed E-state index contributed by atoms with van der Waals surface area (Å²) in [7, 11) is -4.72. The Bertz CT molecular complexity index is 1070. The van der Waals surface area contributed by atoms with E-state index in [1.807, 2.05) is 0 Å². The summed E-state index contributed by atoms with van der Waals surface area (Å²) < 4.78 is 32.8. The van der Waals surface area contributed by atoms with Crippen molar-refractivity contribution in [3.8, 4) is 0 Å². The van der Waals surface area contributed by atoms with Gasteiger partial charge in [-0.15, -0.1) is 0 Å². The van der Waals surface area contributed by atoms with Crippen LogP contribution < -0.4 is 5.73 Å². The number of phosphoric acid groups is 1. The number of hydrogen-bond acceptors (Lipinski definition) is 9. The van der Waals surface area contributed by atoms with Gasteiger partial charge in [0.05, 0.1) is 13.2 Å². The Morgan fingerprint density at radius 3 is 1.22 bits per heavy atom. The van der Waals surface area contributed by atoms with E-state index in [2.05, 4.69) is 30.5 Å². The zero-order valence-electron chi connectivity index (χ0n) is 38.6. The maximum absolute atomic E-state index is 12.7. The largest absolute Gasteiger partial charge is 0.480 e. The Morgan fingerprint density at radius 2 is 0.833 bits per heavy atom. The zero-order chi connectivity index (χ0) is 44.2. The van der Waals surface area contributed by atoms with Crippen LogP contribution >= 0.6 is 7.82 Å². The van der Waals surface area contributed by atoms with Gasteiger partial charge in [-0.05, 0) is 38.5 Å². The second-order valence-corrected chi connectivity index (χ2v) is 18.4. The molecule has 354 valence electrons. The van der Waals surface area contributed by atoms with Gasteiger partial charge in [-0.2, -0.15) is 0 Å². The van der Waals surface area contributed by atoms with Gasteiger partial charge in [-0.1, -0.05) is 206 Å². The first-order valence-electron chi connectivity index (χ1n) is 24.7. The molecule has 1 unspecified atom stereocenters. The molecule has 0 aromatic rings. The van der Waals surface area contributed by atoms with Crippen LogP contribution in [0.2, 0.25) is 0 Å². The monoisotopic (exact) mass is 874 g/mol. The van der Waals surface area contributed by atoms with E-state index >= 15 is 0 Å². The number of ether oxygens (including phenoxy) is 2. The maximum atomic E-state index is 12.7. The molecule has 3 atom stereocenters. The van der Waals surface area contributed by atoms with Crippen molar-refractivity contribution >= 4 is 25.7 Å². The molecule has 4 N–H and O–H groups in total. The number of aliphatic carboxylic acids is 1. The third-order valence-electron chi connectivity index (χ3n) is 11.0. The summed E-state index contributed by atoms with van der Waals surface area (Å²) in [6.07, 6.45) is 45.5. The Labute approximate surface area is 367 Å². The molecule has 11 nitrogen and oxygen atoms in total. The molecule has 0 heterocycles. The van der Waals surface area contributed by atoms with Gasteiger partial charge in [0.25, 0.3) is 0 Å². The van der Waals surface area contributed by atoms with E-state index in [1.165, 1.54) is 161 Å². The lowest BCUT2D eigenvalue weighted by atomic mass is 10.0. The smallest absolute Gasteiger partial charge is 0.472 e. The number of allylic oxidation sites excluding steroid dienone is 2. The van der Waals surface area contributed by atoms with Crippen molar-refractivity contribution in [3.05, 3.63) is 12.2 Å². The van der Waals surface area contributed by atoms with Gasteiger partial charge in [0.15, 0.2) is 6.10 Å². The summed E-state index contributed by atoms with van der Waals surface area (Å²) in [6.45, 7) is 2.85. The molecule has 0 aromatic heterocycles. The number of hydrogen-bond donors (Lipinski definition) is 3. The molecule has 0 bridgehead atoms. The van der Waals surface area contributed by atoms with Crippen LogP contribution in [-0.4, -0.2) is 59.9 Å². The number of rotatable bonds is 47.